The van der Waals surface area contributed by atoms with Gasteiger partial charge in [0.15, 0.2) is 17.4 Å². The van der Waals surface area contributed by atoms with E-state index >= 15 is 0 Å². The van der Waals surface area contributed by atoms with Gasteiger partial charge in [-0.15, -0.1) is 11.8 Å². The Kier molecular flexibility index (Phi) is 24.1. The summed E-state index contributed by atoms with van der Waals surface area (Å²) < 4.78 is 83.9. The highest BCUT2D eigenvalue weighted by molar-refractivity contribution is 9.10. The van der Waals surface area contributed by atoms with E-state index in [1.165, 1.54) is 18.2 Å². The van der Waals surface area contributed by atoms with Crippen molar-refractivity contribution in [1.82, 2.24) is 5.06 Å². The monoisotopic (exact) mass is 1680 g/mol. The van der Waals surface area contributed by atoms with Crippen molar-refractivity contribution in [3.8, 4) is 5.75 Å². The van der Waals surface area contributed by atoms with Crippen molar-refractivity contribution in [2.45, 2.75) is 90.6 Å². The van der Waals surface area contributed by atoms with E-state index in [-0.39, 0.29) is 91.8 Å². The van der Waals surface area contributed by atoms with Crippen LogP contribution in [-0.2, 0) is 110 Å². The number of ether oxygens (including phenoxy) is 4. The molecule has 0 N–H and O–H groups in total. The summed E-state index contributed by atoms with van der Waals surface area (Å²) in [4.78, 5) is 183. The highest BCUT2D eigenvalue weighted by Crippen LogP contribution is 2.51. The minimum atomic E-state index is -2.85. The average molecular weight is 1680 g/mol. The summed E-state index contributed by atoms with van der Waals surface area (Å²) in [5.74, 6) is -1.82. The molecule has 41 heteroatoms. The molecule has 0 radical (unpaired) electrons. The number of hydrogen-bond donors (Lipinski definition) is 0. The molecule has 0 aliphatic carbocycles. The van der Waals surface area contributed by atoms with E-state index in [2.05, 4.69) is 62.0 Å². The molecule has 13 aliphatic heterocycles. The summed E-state index contributed by atoms with van der Waals surface area (Å²) in [7, 11) is 0. The van der Waals surface area contributed by atoms with Crippen molar-refractivity contribution >= 4 is 155 Å². The van der Waals surface area contributed by atoms with Gasteiger partial charge in [0.25, 0.3) is 35.3 Å². The first-order valence-corrected chi connectivity index (χ1v) is 38.0. The smallest absolute Gasteiger partial charge is 0.637 e. The van der Waals surface area contributed by atoms with Gasteiger partial charge in [-0.3, -0.25) is 67.1 Å². The van der Waals surface area contributed by atoms with E-state index in [0.717, 1.165) is 27.6 Å². The maximum atomic E-state index is 12.5. The van der Waals surface area contributed by atoms with Crippen molar-refractivity contribution < 1.29 is 152 Å². The lowest BCUT2D eigenvalue weighted by atomic mass is 9.49. The molecule has 600 valence electrons. The summed E-state index contributed by atoms with van der Waals surface area (Å²) in [6.07, 6.45) is 3.93. The van der Waals surface area contributed by atoms with E-state index in [9.17, 15) is 71.9 Å². The number of nitrogens with zero attached hydrogens (tertiary/aromatic N) is 1. The van der Waals surface area contributed by atoms with Crippen LogP contribution in [0.25, 0.3) is 0 Å². The predicted molar refractivity (Wildman–Crippen MR) is 415 cm³/mol. The van der Waals surface area contributed by atoms with Gasteiger partial charge in [-0.25, -0.2) is 0 Å². The number of fused-ring (bicyclic) bond motifs is 7. The number of benzene rings is 4. The molecular formula is C76H68B6BrNO32S. The molecule has 0 aromatic heterocycles. The van der Waals surface area contributed by atoms with Gasteiger partial charge in [0.05, 0.1) is 45.7 Å². The number of amides is 2. The molecule has 12 saturated heterocycles. The molecule has 0 bridgehead atoms. The van der Waals surface area contributed by atoms with E-state index in [1.54, 1.807) is 66.7 Å². The normalized spacial score (nSPS) is 25.0. The zero-order chi connectivity index (χ0) is 84.1. The predicted octanol–water partition coefficient (Wildman–Crippen LogP) is 11.9. The number of Topliss-reactive ketones (excluding diaryl/α,β-unsaturated/α-hetero) is 1. The number of rotatable bonds is 16. The molecule has 17 rings (SSSR count). The number of hydrogen-bond acceptors (Lipinski definition) is 33. The molecular weight excluding hydrogens is 1620 g/mol. The minimum absolute atomic E-state index is 0.0146. The van der Waals surface area contributed by atoms with Crippen LogP contribution in [-0.4, -0.2) is 151 Å². The molecule has 0 saturated carbocycles. The number of carbonyl (C=O) groups excluding carboxylic acids is 15. The molecule has 6 unspecified atom stereocenters. The number of para-hydroxylation sites is 1. The van der Waals surface area contributed by atoms with Crippen LogP contribution in [0.3, 0.4) is 0 Å². The zero-order valence-corrected chi connectivity index (χ0v) is 64.9. The first kappa shape index (κ1) is 83.4. The summed E-state index contributed by atoms with van der Waals surface area (Å²) >= 11 is 4.46. The Labute approximate surface area is 680 Å². The summed E-state index contributed by atoms with van der Waals surface area (Å²) in [5, 5.41) is 0.162. The number of carbonyl (C=O) groups is 15. The first-order valence-electron chi connectivity index (χ1n) is 36.3. The van der Waals surface area contributed by atoms with Crippen molar-refractivity contribution in [1.29, 1.82) is 0 Å². The quantitative estimate of drug-likeness (QED) is 0.0251. The van der Waals surface area contributed by atoms with Gasteiger partial charge >= 0.3 is 81.0 Å². The Morgan fingerprint density at radius 1 is 0.419 bits per heavy atom. The standard InChI is InChI=1S/C15H10BNO7.C15H13BO6.C14H12BBrO5.C13H11BO5.C10H11BO5.C9H11BO4S/c1-8-6-9-7-12(18)23-16(9,22-8)15(21)24-17-13(19)10-4-2-3-5-11(10)14(17)20;1-10-7-12-8-14(18)22-16(12,21-10)15(19)20-9-13(17)11-5-3-2-4-6-11;1-9-6-11-7-13(17)21-15(11,20-9)14(18)19-8-10-2-4-12(16)5-3-10;1-9-7-10-8-12(15)19-14(10,18-9)13(16)17-11-5-3-2-4-6-11;1-3-4-14-10(13)11-8(5-7(2)15-11)6-9(12)16-11;1-3-15-9(12)10-7(4-6(2)13-10)5-8(11)14-10/h2-5H,1,6-7H2;2-6H,1,7-9H2;2-5H,1,6-8H2;2-6H,1,7-8H2;3H,1-2,4-6H2;2-5H2,1H3. The van der Waals surface area contributed by atoms with Crippen molar-refractivity contribution in [3.05, 3.63) is 258 Å². The fraction of sp³-hybridized carbons (Fsp3) is 0.224. The second-order valence-corrected chi connectivity index (χ2v) is 30.3. The van der Waals surface area contributed by atoms with Gasteiger partial charge in [0, 0.05) is 44.9 Å². The first-order chi connectivity index (χ1) is 55.7. The lowest BCUT2D eigenvalue weighted by Crippen LogP contribution is -2.52. The van der Waals surface area contributed by atoms with Gasteiger partial charge < -0.3 is 84.4 Å². The van der Waals surface area contributed by atoms with E-state index in [0.29, 0.717) is 112 Å². The number of imide groups is 1. The largest absolute Gasteiger partial charge is 0.664 e. The van der Waals surface area contributed by atoms with Crippen LogP contribution in [0.15, 0.2) is 200 Å². The molecule has 33 nitrogen and oxygen atoms in total. The molecule has 13 heterocycles. The number of hydroxylamine groups is 2. The van der Waals surface area contributed by atoms with Crippen LogP contribution in [0.5, 0.6) is 5.75 Å². The average Bonchev–Trinajstić information content (AvgIpc) is 1.61. The molecule has 4 aromatic rings. The third-order valence-corrected chi connectivity index (χ3v) is 21.3. The minimum Gasteiger partial charge on any atom is -0.637 e. The van der Waals surface area contributed by atoms with Crippen LogP contribution >= 0.6 is 27.7 Å². The maximum absolute atomic E-state index is 12.5. The van der Waals surface area contributed by atoms with E-state index < -0.39 is 117 Å². The van der Waals surface area contributed by atoms with E-state index in [1.807, 2.05) is 37.3 Å². The van der Waals surface area contributed by atoms with Gasteiger partial charge in [-0.2, -0.15) is 0 Å². The molecule has 12 fully saturated rings. The lowest BCUT2D eigenvalue weighted by Gasteiger charge is -2.25. The summed E-state index contributed by atoms with van der Waals surface area (Å²) in [6.45, 7) is 11.9. The molecule has 117 heavy (non-hydrogen) atoms. The number of allylic oxidation sites excluding steroid dienone is 6. The Morgan fingerprint density at radius 2 is 0.752 bits per heavy atom. The van der Waals surface area contributed by atoms with E-state index in [4.69, 9.17) is 79.6 Å². The molecule has 0 spiro atoms. The highest BCUT2D eigenvalue weighted by atomic mass is 79.9. The van der Waals surface area contributed by atoms with Crippen LogP contribution in [0.2, 0.25) is 0 Å². The Balaban J connectivity index is 0.000000130. The SMILES string of the molecule is C=C1C[C+]2CC(=O)O[B-]2(C(=O)OCC(=O)c2ccccc2)O1.C=C1C[C+]2CC(=O)O[B-]2(C(=O)OCc2ccc(Br)cc2)O1.C=C1C[C+]2CC(=O)O[B-]2(C(=O)ON2C(=O)c3ccccc3C2=O)O1.C=C1C[C+]2CC(=O)O[B-]2(C(=O)Oc2ccccc2)O1.C=C1C[C+]2CC(=O)O[B-]2(C(=O)SCC)O1.C=CCOC(=O)[B-]12OC(=C)C[C+]1CC(=O)O2. The molecule has 13 aliphatic rings. The fourth-order valence-electron chi connectivity index (χ4n) is 14.8. The maximum Gasteiger partial charge on any atom is 0.664 e. The molecule has 6 atom stereocenters. The number of ketones is 1. The Bertz CT molecular complexity index is 4750. The second-order valence-electron chi connectivity index (χ2n) is 28.1. The summed E-state index contributed by atoms with van der Waals surface area (Å²) in [6, 6.07) is 30.5. The van der Waals surface area contributed by atoms with Gasteiger partial charge in [0.2, 0.25) is 0 Å². The van der Waals surface area contributed by atoms with Crippen LogP contribution in [0.4, 0.5) is 28.8 Å². The van der Waals surface area contributed by atoms with Gasteiger partial charge in [-0.05, 0) is 47.7 Å². The third kappa shape index (κ3) is 16.9. The third-order valence-electron chi connectivity index (χ3n) is 19.9. The lowest BCUT2D eigenvalue weighted by molar-refractivity contribution is -0.134. The van der Waals surface area contributed by atoms with Crippen LogP contribution < -0.4 is 4.74 Å². The van der Waals surface area contributed by atoms with Gasteiger partial charge in [0.1, 0.15) is 96.0 Å². The molecule has 4 aromatic carbocycles. The Morgan fingerprint density at radius 3 is 1.15 bits per heavy atom. The Hall–Kier alpha value is -13.1. The van der Waals surface area contributed by atoms with Crippen molar-refractivity contribution in [3.63, 3.8) is 0 Å². The number of thioether (sulfide) groups is 1. The second kappa shape index (κ2) is 33.8. The zero-order valence-electron chi connectivity index (χ0n) is 62.5. The molecule has 2 amide bonds. The number of halogens is 1. The van der Waals surface area contributed by atoms with Crippen LogP contribution in [0, 0.1) is 34.9 Å². The highest BCUT2D eigenvalue weighted by Gasteiger charge is 2.75. The van der Waals surface area contributed by atoms with Crippen molar-refractivity contribution in [2.24, 2.45) is 0 Å². The fourth-order valence-corrected chi connectivity index (χ4v) is 15.8. The van der Waals surface area contributed by atoms with Gasteiger partial charge in [-0.1, -0.05) is 153 Å². The van der Waals surface area contributed by atoms with Crippen LogP contribution in [0.1, 0.15) is 121 Å². The summed E-state index contributed by atoms with van der Waals surface area (Å²) in [5.41, 5.74) is 1.53. The topological polar surface area (TPSA) is 416 Å². The van der Waals surface area contributed by atoms with Crippen molar-refractivity contribution in [2.75, 3.05) is 19.0 Å².